The Morgan fingerprint density at radius 3 is 2.68 bits per heavy atom. The van der Waals surface area contributed by atoms with E-state index in [9.17, 15) is 25.2 Å². The molecule has 0 radical (unpaired) electrons. The molecule has 6 heteroatoms. The molecular weight excluding hydrogens is 432 g/mol. The summed E-state index contributed by atoms with van der Waals surface area (Å²) in [6.07, 6.45) is 9.25. The van der Waals surface area contributed by atoms with Crippen LogP contribution in [0.25, 0.3) is 0 Å². The van der Waals surface area contributed by atoms with E-state index in [0.717, 1.165) is 43.3 Å². The van der Waals surface area contributed by atoms with Gasteiger partial charge in [0, 0.05) is 12.3 Å². The summed E-state index contributed by atoms with van der Waals surface area (Å²) in [4.78, 5) is 11.8. The van der Waals surface area contributed by atoms with Crippen molar-refractivity contribution in [3.8, 4) is 0 Å². The van der Waals surface area contributed by atoms with Crippen molar-refractivity contribution in [1.82, 2.24) is 0 Å². The van der Waals surface area contributed by atoms with Gasteiger partial charge in [-0.25, -0.2) is 4.79 Å². The van der Waals surface area contributed by atoms with Crippen LogP contribution >= 0.6 is 0 Å². The van der Waals surface area contributed by atoms with Crippen LogP contribution in [0.4, 0.5) is 0 Å². The molecule has 4 fully saturated rings. The first-order valence-corrected chi connectivity index (χ1v) is 13.0. The minimum atomic E-state index is -1.84. The van der Waals surface area contributed by atoms with E-state index in [4.69, 9.17) is 4.74 Å². The normalized spacial score (nSPS) is 46.4. The van der Waals surface area contributed by atoms with Crippen LogP contribution in [0.3, 0.4) is 0 Å². The Kier molecular flexibility index (Phi) is 7.18. The minimum Gasteiger partial charge on any atom is -0.463 e. The molecule has 1 unspecified atom stereocenters. The lowest BCUT2D eigenvalue weighted by molar-refractivity contribution is -0.200. The first-order chi connectivity index (χ1) is 15.9. The summed E-state index contributed by atoms with van der Waals surface area (Å²) in [6.45, 7) is 10.2. The Bertz CT molecular complexity index is 872. The highest BCUT2D eigenvalue weighted by Crippen LogP contribution is 2.60. The van der Waals surface area contributed by atoms with Crippen LogP contribution in [-0.4, -0.2) is 56.9 Å². The number of hydrogen-bond donors (Lipinski definition) is 4. The fourth-order valence-corrected chi connectivity index (χ4v) is 7.52. The molecule has 0 aromatic rings. The van der Waals surface area contributed by atoms with Crippen LogP contribution < -0.4 is 0 Å². The molecule has 3 aliphatic carbocycles. The number of rotatable bonds is 4. The van der Waals surface area contributed by atoms with Crippen molar-refractivity contribution < 1.29 is 30.0 Å². The molecule has 34 heavy (non-hydrogen) atoms. The lowest BCUT2D eigenvalue weighted by Gasteiger charge is -2.46. The molecule has 0 aromatic heterocycles. The summed E-state index contributed by atoms with van der Waals surface area (Å²) in [5.74, 6) is 0.326. The van der Waals surface area contributed by atoms with Crippen molar-refractivity contribution >= 4 is 5.97 Å². The van der Waals surface area contributed by atoms with E-state index >= 15 is 0 Å². The third-order valence-electron chi connectivity index (χ3n) is 9.53. The molecule has 3 saturated carbocycles. The Balaban J connectivity index is 1.48. The smallest absolute Gasteiger partial charge is 0.340 e. The zero-order valence-corrected chi connectivity index (χ0v) is 20.9. The van der Waals surface area contributed by atoms with Gasteiger partial charge in [0.15, 0.2) is 5.60 Å². The number of fused-ring (bicyclic) bond motifs is 1. The van der Waals surface area contributed by atoms with Gasteiger partial charge < -0.3 is 25.2 Å². The van der Waals surface area contributed by atoms with Gasteiger partial charge in [-0.2, -0.15) is 0 Å². The SMILES string of the molecule is C=C1/C(=C\C=C2/CCC[C@@]3(C)C2CC[C@@H]3[C@H](C)C[C@H]2COC(=O)[C@](C)(O)[C@@H]2O)C[C@@H](O)C[C@@H]1O. The topological polar surface area (TPSA) is 107 Å². The van der Waals surface area contributed by atoms with Gasteiger partial charge in [-0.3, -0.25) is 0 Å². The fraction of sp³-hybridized carbons (Fsp3) is 0.750. The van der Waals surface area contributed by atoms with Gasteiger partial charge in [0.2, 0.25) is 0 Å². The van der Waals surface area contributed by atoms with E-state index in [2.05, 4.69) is 32.6 Å². The van der Waals surface area contributed by atoms with Gasteiger partial charge in [0.05, 0.1) is 24.9 Å². The third-order valence-corrected chi connectivity index (χ3v) is 9.53. The molecular formula is C28H42O6. The second-order valence-electron chi connectivity index (χ2n) is 11.8. The monoisotopic (exact) mass is 474 g/mol. The summed E-state index contributed by atoms with van der Waals surface area (Å²) in [7, 11) is 0. The molecule has 4 N–H and O–H groups in total. The maximum Gasteiger partial charge on any atom is 0.340 e. The highest BCUT2D eigenvalue weighted by molar-refractivity contribution is 5.80. The van der Waals surface area contributed by atoms with Crippen LogP contribution in [0, 0.1) is 29.1 Å². The number of ether oxygens (including phenoxy) is 1. The standard InChI is InChI=1S/C28H42O6/c1-16(12-20-15-34-26(32)28(4,33)25(20)31)22-9-10-23-18(6-5-11-27(22,23)3)7-8-19-13-21(29)14-24(30)17(19)2/h7-8,16,20-25,29-31,33H,2,5-6,9-15H2,1,3-4H3/b18-7+,19-8-/t16-,20+,21-,22-,23?,24+,25-,27-,28-/m1/s1. The molecule has 190 valence electrons. The summed E-state index contributed by atoms with van der Waals surface area (Å²) < 4.78 is 5.19. The van der Waals surface area contributed by atoms with E-state index in [1.165, 1.54) is 18.9 Å². The molecule has 4 aliphatic rings. The minimum absolute atomic E-state index is 0.160. The maximum absolute atomic E-state index is 11.8. The van der Waals surface area contributed by atoms with E-state index in [0.29, 0.717) is 30.6 Å². The molecule has 0 aromatic carbocycles. The zero-order chi connectivity index (χ0) is 24.8. The Hall–Kier alpha value is -1.47. The Morgan fingerprint density at radius 1 is 1.21 bits per heavy atom. The van der Waals surface area contributed by atoms with E-state index in [1.807, 2.05) is 0 Å². The first-order valence-electron chi connectivity index (χ1n) is 13.0. The number of allylic oxidation sites excluding steroid dienone is 3. The number of esters is 1. The summed E-state index contributed by atoms with van der Waals surface area (Å²) >= 11 is 0. The molecule has 4 rings (SSSR count). The van der Waals surface area contributed by atoms with Crippen LogP contribution in [0.2, 0.25) is 0 Å². The summed E-state index contributed by atoms with van der Waals surface area (Å²) in [5, 5.41) is 41.2. The molecule has 1 aliphatic heterocycles. The van der Waals surface area contributed by atoms with Crippen LogP contribution in [0.1, 0.15) is 72.1 Å². The summed E-state index contributed by atoms with van der Waals surface area (Å²) in [6, 6.07) is 0. The van der Waals surface area contributed by atoms with Gasteiger partial charge >= 0.3 is 5.97 Å². The second-order valence-corrected chi connectivity index (χ2v) is 11.8. The van der Waals surface area contributed by atoms with Crippen LogP contribution in [-0.2, 0) is 9.53 Å². The molecule has 0 bridgehead atoms. The number of aliphatic hydroxyl groups is 4. The predicted octanol–water partition coefficient (Wildman–Crippen LogP) is 3.44. The lowest BCUT2D eigenvalue weighted by atomic mass is 9.60. The van der Waals surface area contributed by atoms with Crippen molar-refractivity contribution in [3.05, 3.63) is 35.5 Å². The number of aliphatic hydroxyl groups excluding tert-OH is 3. The quantitative estimate of drug-likeness (QED) is 0.465. The average molecular weight is 475 g/mol. The van der Waals surface area contributed by atoms with Crippen molar-refractivity contribution in [2.75, 3.05) is 6.61 Å². The largest absolute Gasteiger partial charge is 0.463 e. The average Bonchev–Trinajstić information content (AvgIpc) is 3.13. The van der Waals surface area contributed by atoms with Crippen molar-refractivity contribution in [2.45, 2.75) is 96.1 Å². The van der Waals surface area contributed by atoms with Gasteiger partial charge in [-0.05, 0) is 86.2 Å². The summed E-state index contributed by atoms with van der Waals surface area (Å²) in [5.41, 5.74) is 1.45. The Morgan fingerprint density at radius 2 is 1.94 bits per heavy atom. The van der Waals surface area contributed by atoms with Crippen molar-refractivity contribution in [1.29, 1.82) is 0 Å². The molecule has 0 spiro atoms. The number of carbonyl (C=O) groups excluding carboxylic acids is 1. The predicted molar refractivity (Wildman–Crippen MR) is 130 cm³/mol. The van der Waals surface area contributed by atoms with Crippen molar-refractivity contribution in [2.24, 2.45) is 29.1 Å². The molecule has 6 nitrogen and oxygen atoms in total. The van der Waals surface area contributed by atoms with Crippen molar-refractivity contribution in [3.63, 3.8) is 0 Å². The zero-order valence-electron chi connectivity index (χ0n) is 20.9. The molecule has 1 saturated heterocycles. The van der Waals surface area contributed by atoms with E-state index < -0.39 is 29.9 Å². The van der Waals surface area contributed by atoms with Crippen LogP contribution in [0.15, 0.2) is 35.5 Å². The van der Waals surface area contributed by atoms with Gasteiger partial charge in [-0.1, -0.05) is 38.2 Å². The first kappa shape index (κ1) is 25.6. The number of carbonyl (C=O) groups is 1. The lowest BCUT2D eigenvalue weighted by Crippen LogP contribution is -2.57. The van der Waals surface area contributed by atoms with Gasteiger partial charge in [0.25, 0.3) is 0 Å². The maximum atomic E-state index is 11.8. The highest BCUT2D eigenvalue weighted by Gasteiger charge is 2.53. The number of hydrogen-bond acceptors (Lipinski definition) is 6. The highest BCUT2D eigenvalue weighted by atomic mass is 16.6. The second kappa shape index (κ2) is 9.53. The fourth-order valence-electron chi connectivity index (χ4n) is 7.52. The Labute approximate surface area is 203 Å². The van der Waals surface area contributed by atoms with E-state index in [1.54, 1.807) is 0 Å². The third kappa shape index (κ3) is 4.55. The van der Waals surface area contributed by atoms with Gasteiger partial charge in [-0.15, -0.1) is 0 Å². The number of cyclic esters (lactones) is 1. The molecule has 9 atom stereocenters. The molecule has 1 heterocycles. The van der Waals surface area contributed by atoms with Crippen LogP contribution in [0.5, 0.6) is 0 Å². The molecule has 0 amide bonds. The van der Waals surface area contributed by atoms with Gasteiger partial charge in [0.1, 0.15) is 0 Å². The van der Waals surface area contributed by atoms with E-state index in [-0.39, 0.29) is 17.9 Å².